The van der Waals surface area contributed by atoms with Crippen LogP contribution in [0.1, 0.15) is 17.3 Å². The van der Waals surface area contributed by atoms with Crippen molar-refractivity contribution in [3.63, 3.8) is 0 Å². The van der Waals surface area contributed by atoms with Gasteiger partial charge in [0.25, 0.3) is 0 Å². The van der Waals surface area contributed by atoms with Crippen LogP contribution in [0.4, 0.5) is 4.39 Å². The van der Waals surface area contributed by atoms with E-state index in [1.165, 1.54) is 19.1 Å². The Morgan fingerprint density at radius 3 is 2.64 bits per heavy atom. The van der Waals surface area contributed by atoms with Gasteiger partial charge in [0.1, 0.15) is 5.82 Å². The molecule has 0 aliphatic rings. The zero-order valence-electron chi connectivity index (χ0n) is 5.90. The second kappa shape index (κ2) is 3.30. The molecular formula is C8H6FIO. The molecule has 0 aliphatic heterocycles. The maximum atomic E-state index is 12.9. The van der Waals surface area contributed by atoms with E-state index in [0.29, 0.717) is 0 Å². The van der Waals surface area contributed by atoms with Gasteiger partial charge in [-0.2, -0.15) is 0 Å². The molecule has 1 aromatic rings. The summed E-state index contributed by atoms with van der Waals surface area (Å²) in [5, 5.41) is 0. The van der Waals surface area contributed by atoms with Crippen LogP contribution >= 0.6 is 22.6 Å². The number of halogens is 2. The molecule has 11 heavy (non-hydrogen) atoms. The van der Waals surface area contributed by atoms with Crippen molar-refractivity contribution < 1.29 is 9.18 Å². The van der Waals surface area contributed by atoms with Crippen molar-refractivity contribution in [2.75, 3.05) is 0 Å². The Bertz CT molecular complexity index is 296. The first-order valence-electron chi connectivity index (χ1n) is 3.07. The topological polar surface area (TPSA) is 17.1 Å². The molecular weight excluding hydrogens is 258 g/mol. The van der Waals surface area contributed by atoms with Gasteiger partial charge < -0.3 is 0 Å². The van der Waals surface area contributed by atoms with Crippen LogP contribution in [0.5, 0.6) is 0 Å². The summed E-state index contributed by atoms with van der Waals surface area (Å²) in [7, 11) is 0. The Balaban J connectivity index is 3.20. The van der Waals surface area contributed by atoms with Crippen LogP contribution in [0.3, 0.4) is 0 Å². The second-order valence-electron chi connectivity index (χ2n) is 2.18. The average molecular weight is 264 g/mol. The van der Waals surface area contributed by atoms with Crippen LogP contribution in [0.25, 0.3) is 0 Å². The highest BCUT2D eigenvalue weighted by atomic mass is 127. The molecule has 0 radical (unpaired) electrons. The maximum Gasteiger partial charge on any atom is 0.162 e. The Kier molecular flexibility index (Phi) is 2.59. The van der Waals surface area contributed by atoms with E-state index < -0.39 is 5.82 Å². The summed E-state index contributed by atoms with van der Waals surface area (Å²) < 4.78 is 13.7. The van der Waals surface area contributed by atoms with Gasteiger partial charge in [0.2, 0.25) is 0 Å². The summed E-state index contributed by atoms with van der Waals surface area (Å²) in [6.07, 6.45) is 0. The fraction of sp³-hybridized carbons (Fsp3) is 0.125. The van der Waals surface area contributed by atoms with Crippen LogP contribution in [0, 0.1) is 9.39 Å². The Hall–Kier alpha value is -0.450. The third-order valence-corrected chi connectivity index (χ3v) is 1.98. The van der Waals surface area contributed by atoms with E-state index >= 15 is 0 Å². The predicted octanol–water partition coefficient (Wildman–Crippen LogP) is 2.63. The van der Waals surface area contributed by atoms with Gasteiger partial charge in [0.15, 0.2) is 5.78 Å². The number of rotatable bonds is 1. The van der Waals surface area contributed by atoms with Gasteiger partial charge in [-0.3, -0.25) is 4.79 Å². The number of Topliss-reactive ketones (excluding diaryl/α,β-unsaturated/α-hetero) is 1. The maximum absolute atomic E-state index is 12.9. The molecule has 0 fully saturated rings. The number of carbonyl (C=O) groups excluding carboxylic acids is 1. The molecule has 0 heterocycles. The second-order valence-corrected chi connectivity index (χ2v) is 3.43. The lowest BCUT2D eigenvalue weighted by atomic mass is 10.1. The molecule has 3 heteroatoms. The van der Waals surface area contributed by atoms with Gasteiger partial charge >= 0.3 is 0 Å². The van der Waals surface area contributed by atoms with Gasteiger partial charge in [0, 0.05) is 3.57 Å². The monoisotopic (exact) mass is 264 g/mol. The van der Waals surface area contributed by atoms with Crippen molar-refractivity contribution in [1.29, 1.82) is 0 Å². The van der Waals surface area contributed by atoms with Crippen molar-refractivity contribution in [1.82, 2.24) is 0 Å². The molecule has 0 N–H and O–H groups in total. The van der Waals surface area contributed by atoms with Crippen molar-refractivity contribution >= 4 is 28.4 Å². The van der Waals surface area contributed by atoms with Crippen LogP contribution in [-0.4, -0.2) is 5.78 Å². The first-order valence-corrected chi connectivity index (χ1v) is 4.15. The van der Waals surface area contributed by atoms with E-state index in [4.69, 9.17) is 0 Å². The zero-order chi connectivity index (χ0) is 8.43. The molecule has 0 bridgehead atoms. The normalized spacial score (nSPS) is 9.73. The van der Waals surface area contributed by atoms with E-state index in [2.05, 4.69) is 0 Å². The molecule has 1 aromatic carbocycles. The summed E-state index contributed by atoms with van der Waals surface area (Å²) in [5.74, 6) is -0.677. The van der Waals surface area contributed by atoms with Crippen molar-refractivity contribution in [3.05, 3.63) is 33.1 Å². The highest BCUT2D eigenvalue weighted by molar-refractivity contribution is 14.1. The predicted molar refractivity (Wildman–Crippen MR) is 49.1 cm³/mol. The minimum Gasteiger partial charge on any atom is -0.294 e. The lowest BCUT2D eigenvalue weighted by Gasteiger charge is -1.97. The van der Waals surface area contributed by atoms with Gasteiger partial charge in [-0.1, -0.05) is 0 Å². The van der Waals surface area contributed by atoms with Crippen LogP contribution < -0.4 is 0 Å². The fourth-order valence-corrected chi connectivity index (χ4v) is 1.23. The van der Waals surface area contributed by atoms with Crippen molar-refractivity contribution in [2.45, 2.75) is 6.92 Å². The van der Waals surface area contributed by atoms with E-state index in [1.807, 2.05) is 22.6 Å². The van der Waals surface area contributed by atoms with Crippen LogP contribution in [0.15, 0.2) is 18.2 Å². The summed E-state index contributed by atoms with van der Waals surface area (Å²) in [6.45, 7) is 1.35. The summed E-state index contributed by atoms with van der Waals surface area (Å²) in [5.41, 5.74) is 0.158. The van der Waals surface area contributed by atoms with Gasteiger partial charge in [-0.15, -0.1) is 0 Å². The average Bonchev–Trinajstić information content (AvgIpc) is 1.85. The standard InChI is InChI=1S/C8H6FIO/c1-5(11)7-3-2-6(10)4-8(7)9/h2-4H,1H3. The highest BCUT2D eigenvalue weighted by Crippen LogP contribution is 2.12. The summed E-state index contributed by atoms with van der Waals surface area (Å²) >= 11 is 1.99. The lowest BCUT2D eigenvalue weighted by molar-refractivity contribution is 0.101. The number of hydrogen-bond acceptors (Lipinski definition) is 1. The van der Waals surface area contributed by atoms with E-state index in [0.717, 1.165) is 3.57 Å². The fourth-order valence-electron chi connectivity index (χ4n) is 0.775. The number of benzene rings is 1. The van der Waals surface area contributed by atoms with Crippen LogP contribution in [0.2, 0.25) is 0 Å². The third kappa shape index (κ3) is 1.99. The highest BCUT2D eigenvalue weighted by Gasteiger charge is 2.05. The van der Waals surface area contributed by atoms with E-state index in [9.17, 15) is 9.18 Å². The Morgan fingerprint density at radius 2 is 2.18 bits per heavy atom. The molecule has 0 unspecified atom stereocenters. The lowest BCUT2D eigenvalue weighted by Crippen LogP contribution is -1.96. The summed E-state index contributed by atoms with van der Waals surface area (Å²) in [4.78, 5) is 10.7. The van der Waals surface area contributed by atoms with Gasteiger partial charge in [-0.05, 0) is 47.7 Å². The molecule has 0 atom stereocenters. The first-order chi connectivity index (χ1) is 5.11. The quantitative estimate of drug-likeness (QED) is 0.563. The van der Waals surface area contributed by atoms with E-state index in [1.54, 1.807) is 6.07 Å². The molecule has 1 rings (SSSR count). The zero-order valence-corrected chi connectivity index (χ0v) is 8.05. The van der Waals surface area contributed by atoms with E-state index in [-0.39, 0.29) is 11.3 Å². The van der Waals surface area contributed by atoms with Crippen molar-refractivity contribution in [3.8, 4) is 0 Å². The minimum absolute atomic E-state index is 0.158. The molecule has 0 saturated carbocycles. The molecule has 0 spiro atoms. The summed E-state index contributed by atoms with van der Waals surface area (Å²) in [6, 6.07) is 4.55. The third-order valence-electron chi connectivity index (χ3n) is 1.31. The van der Waals surface area contributed by atoms with Crippen LogP contribution in [-0.2, 0) is 0 Å². The Morgan fingerprint density at radius 1 is 1.55 bits per heavy atom. The molecule has 1 nitrogen and oxygen atoms in total. The molecule has 0 amide bonds. The van der Waals surface area contributed by atoms with Crippen molar-refractivity contribution in [2.24, 2.45) is 0 Å². The molecule has 58 valence electrons. The molecule has 0 aliphatic carbocycles. The smallest absolute Gasteiger partial charge is 0.162 e. The number of ketones is 1. The minimum atomic E-state index is -0.440. The first kappa shape index (κ1) is 8.64. The van der Waals surface area contributed by atoms with Gasteiger partial charge in [-0.25, -0.2) is 4.39 Å². The Labute approximate surface area is 77.8 Å². The number of hydrogen-bond donors (Lipinski definition) is 0. The molecule has 0 saturated heterocycles. The SMILES string of the molecule is CC(=O)c1ccc(I)cc1F. The largest absolute Gasteiger partial charge is 0.294 e. The molecule has 0 aromatic heterocycles. The van der Waals surface area contributed by atoms with Gasteiger partial charge in [0.05, 0.1) is 5.56 Å². The number of carbonyl (C=O) groups is 1.